The summed E-state index contributed by atoms with van der Waals surface area (Å²) in [6.45, 7) is 3.26. The van der Waals surface area contributed by atoms with Gasteiger partial charge in [0.2, 0.25) is 10.0 Å². The van der Waals surface area contributed by atoms with Gasteiger partial charge < -0.3 is 10.1 Å². The molecule has 1 fully saturated rings. The van der Waals surface area contributed by atoms with Crippen LogP contribution in [-0.2, 0) is 20.0 Å². The van der Waals surface area contributed by atoms with E-state index >= 15 is 0 Å². The van der Waals surface area contributed by atoms with Crippen molar-refractivity contribution in [1.29, 1.82) is 0 Å². The van der Waals surface area contributed by atoms with Gasteiger partial charge in [-0.1, -0.05) is 29.3 Å². The number of nitrogens with zero attached hydrogens (tertiary/aromatic N) is 1. The largest absolute Gasteiger partial charge is 0.492 e. The summed E-state index contributed by atoms with van der Waals surface area (Å²) < 4.78 is 59.9. The highest BCUT2D eigenvalue weighted by molar-refractivity contribution is 7.92. The molecule has 0 aliphatic carbocycles. The highest BCUT2D eigenvalue weighted by Crippen LogP contribution is 2.24. The molecule has 3 aromatic carbocycles. The van der Waals surface area contributed by atoms with Gasteiger partial charge in [0.25, 0.3) is 15.9 Å². The maximum Gasteiger partial charge on any atom is 0.261 e. The molecule has 0 radical (unpaired) electrons. The number of rotatable bonds is 10. The van der Waals surface area contributed by atoms with Gasteiger partial charge in [-0.3, -0.25) is 9.52 Å². The highest BCUT2D eigenvalue weighted by Gasteiger charge is 2.27. The van der Waals surface area contributed by atoms with Crippen molar-refractivity contribution >= 4 is 43.2 Å². The van der Waals surface area contributed by atoms with Crippen LogP contribution >= 0.6 is 11.6 Å². The van der Waals surface area contributed by atoms with Crippen molar-refractivity contribution in [1.82, 2.24) is 9.62 Å². The molecular formula is C26H28ClN3O6S2. The Kier molecular flexibility index (Phi) is 8.61. The molecule has 0 bridgehead atoms. The Balaban J connectivity index is 1.28. The van der Waals surface area contributed by atoms with Crippen LogP contribution in [0.1, 0.15) is 28.8 Å². The summed E-state index contributed by atoms with van der Waals surface area (Å²) in [4.78, 5) is 12.9. The van der Waals surface area contributed by atoms with Crippen LogP contribution in [0.4, 0.5) is 5.69 Å². The molecule has 1 heterocycles. The van der Waals surface area contributed by atoms with Crippen LogP contribution in [0, 0.1) is 6.92 Å². The molecular weight excluding hydrogens is 550 g/mol. The molecule has 0 saturated carbocycles. The van der Waals surface area contributed by atoms with Gasteiger partial charge in [0, 0.05) is 13.1 Å². The number of sulfonamides is 2. The van der Waals surface area contributed by atoms with E-state index in [-0.39, 0.29) is 39.2 Å². The van der Waals surface area contributed by atoms with E-state index in [1.807, 2.05) is 6.92 Å². The van der Waals surface area contributed by atoms with Crippen LogP contribution in [0.15, 0.2) is 76.5 Å². The lowest BCUT2D eigenvalue weighted by molar-refractivity contribution is 0.0947. The predicted molar refractivity (Wildman–Crippen MR) is 146 cm³/mol. The van der Waals surface area contributed by atoms with Crippen molar-refractivity contribution in [3.05, 3.63) is 82.9 Å². The number of carbonyl (C=O) groups is 1. The molecule has 1 saturated heterocycles. The number of ether oxygens (including phenoxy) is 1. The average molecular weight is 578 g/mol. The molecule has 4 rings (SSSR count). The van der Waals surface area contributed by atoms with Crippen molar-refractivity contribution in [2.45, 2.75) is 29.6 Å². The number of carbonyl (C=O) groups excluding carboxylic acids is 1. The molecule has 202 valence electrons. The summed E-state index contributed by atoms with van der Waals surface area (Å²) in [7, 11) is -7.29. The first-order valence-electron chi connectivity index (χ1n) is 12.0. The van der Waals surface area contributed by atoms with E-state index in [4.69, 9.17) is 16.3 Å². The number of aryl methyl sites for hydroxylation is 1. The van der Waals surface area contributed by atoms with Crippen molar-refractivity contribution in [3.63, 3.8) is 0 Å². The van der Waals surface area contributed by atoms with Gasteiger partial charge >= 0.3 is 0 Å². The van der Waals surface area contributed by atoms with Crippen molar-refractivity contribution in [2.24, 2.45) is 0 Å². The zero-order valence-corrected chi connectivity index (χ0v) is 23.1. The molecule has 0 unspecified atom stereocenters. The molecule has 0 atom stereocenters. The number of hydrogen-bond donors (Lipinski definition) is 2. The molecule has 38 heavy (non-hydrogen) atoms. The number of amides is 1. The lowest BCUT2D eigenvalue weighted by Gasteiger charge is -2.15. The Morgan fingerprint density at radius 2 is 1.55 bits per heavy atom. The third-order valence-corrected chi connectivity index (χ3v) is 9.60. The SMILES string of the molecule is Cc1ccc(S(=O)(=O)Nc2ccc(C(=O)NCCOc3ccc(S(=O)(=O)N4CCCC4)cc3)c(Cl)c2)cc1. The first kappa shape index (κ1) is 27.9. The van der Waals surface area contributed by atoms with E-state index in [0.717, 1.165) is 18.4 Å². The zero-order chi connectivity index (χ0) is 27.3. The maximum absolute atomic E-state index is 12.6. The minimum absolute atomic E-state index is 0.0855. The third kappa shape index (κ3) is 6.65. The summed E-state index contributed by atoms with van der Waals surface area (Å²) >= 11 is 6.25. The smallest absolute Gasteiger partial charge is 0.261 e. The Labute approximate surface area is 227 Å². The Morgan fingerprint density at radius 1 is 0.921 bits per heavy atom. The van der Waals surface area contributed by atoms with Crippen molar-refractivity contribution < 1.29 is 26.4 Å². The number of halogens is 1. The molecule has 12 heteroatoms. The van der Waals surface area contributed by atoms with Gasteiger partial charge in [-0.2, -0.15) is 4.31 Å². The second-order valence-electron chi connectivity index (χ2n) is 8.80. The molecule has 3 aromatic rings. The Morgan fingerprint density at radius 3 is 2.18 bits per heavy atom. The number of benzene rings is 3. The first-order valence-corrected chi connectivity index (χ1v) is 15.3. The quantitative estimate of drug-likeness (QED) is 0.351. The van der Waals surface area contributed by atoms with Gasteiger partial charge in [0.15, 0.2) is 0 Å². The summed E-state index contributed by atoms with van der Waals surface area (Å²) in [6.07, 6.45) is 1.74. The molecule has 2 N–H and O–H groups in total. The fraction of sp³-hybridized carbons (Fsp3) is 0.269. The number of anilines is 1. The number of hydrogen-bond acceptors (Lipinski definition) is 6. The fourth-order valence-electron chi connectivity index (χ4n) is 3.91. The molecule has 0 aromatic heterocycles. The lowest BCUT2D eigenvalue weighted by atomic mass is 10.2. The van der Waals surface area contributed by atoms with Crippen LogP contribution in [0.25, 0.3) is 0 Å². The van der Waals surface area contributed by atoms with Crippen LogP contribution in [0.3, 0.4) is 0 Å². The highest BCUT2D eigenvalue weighted by atomic mass is 35.5. The van der Waals surface area contributed by atoms with E-state index in [1.165, 1.54) is 46.8 Å². The molecule has 9 nitrogen and oxygen atoms in total. The minimum Gasteiger partial charge on any atom is -0.492 e. The van der Waals surface area contributed by atoms with Gasteiger partial charge in [0.05, 0.1) is 32.6 Å². The monoisotopic (exact) mass is 577 g/mol. The summed E-state index contributed by atoms with van der Waals surface area (Å²) in [5, 5.41) is 2.78. The second kappa shape index (κ2) is 11.7. The Bertz CT molecular complexity index is 1500. The fourth-order valence-corrected chi connectivity index (χ4v) is 6.74. The van der Waals surface area contributed by atoms with Crippen molar-refractivity contribution in [2.75, 3.05) is 31.0 Å². The molecule has 0 spiro atoms. The molecule has 1 aliphatic heterocycles. The normalized spacial score (nSPS) is 14.3. The standard InChI is InChI=1S/C26H28ClN3O6S2/c1-19-4-9-22(10-5-19)37(32,33)29-20-6-13-24(25(27)18-20)26(31)28-14-17-36-21-7-11-23(12-8-21)38(34,35)30-15-2-3-16-30/h4-13,18,29H,2-3,14-17H2,1H3,(H,28,31). The van der Waals surface area contributed by atoms with Crippen LogP contribution in [0.5, 0.6) is 5.75 Å². The Hall–Kier alpha value is -3.12. The van der Waals surface area contributed by atoms with E-state index < -0.39 is 26.0 Å². The molecule has 1 amide bonds. The van der Waals surface area contributed by atoms with Crippen molar-refractivity contribution in [3.8, 4) is 5.75 Å². The van der Waals surface area contributed by atoms with Crippen LogP contribution < -0.4 is 14.8 Å². The van der Waals surface area contributed by atoms with Gasteiger partial charge in [-0.15, -0.1) is 0 Å². The van der Waals surface area contributed by atoms with Crippen LogP contribution in [-0.4, -0.2) is 53.3 Å². The van der Waals surface area contributed by atoms with E-state index in [1.54, 1.807) is 24.3 Å². The van der Waals surface area contributed by atoms with Gasteiger partial charge in [-0.25, -0.2) is 16.8 Å². The summed E-state index contributed by atoms with van der Waals surface area (Å²) in [6, 6.07) is 16.9. The summed E-state index contributed by atoms with van der Waals surface area (Å²) in [5.41, 5.74) is 1.35. The predicted octanol–water partition coefficient (Wildman–Crippen LogP) is 4.04. The van der Waals surface area contributed by atoms with Gasteiger partial charge in [-0.05, 0) is 74.4 Å². The first-order chi connectivity index (χ1) is 18.1. The maximum atomic E-state index is 12.6. The van der Waals surface area contributed by atoms with E-state index in [0.29, 0.717) is 18.8 Å². The lowest BCUT2D eigenvalue weighted by Crippen LogP contribution is -2.28. The van der Waals surface area contributed by atoms with E-state index in [2.05, 4.69) is 10.0 Å². The van der Waals surface area contributed by atoms with Gasteiger partial charge in [0.1, 0.15) is 12.4 Å². The number of nitrogens with one attached hydrogen (secondary N) is 2. The third-order valence-electron chi connectivity index (χ3n) is 5.98. The second-order valence-corrected chi connectivity index (χ2v) is 12.8. The average Bonchev–Trinajstić information content (AvgIpc) is 3.43. The van der Waals surface area contributed by atoms with Crippen LogP contribution in [0.2, 0.25) is 5.02 Å². The topological polar surface area (TPSA) is 122 Å². The summed E-state index contributed by atoms with van der Waals surface area (Å²) in [5.74, 6) is 0.0291. The van der Waals surface area contributed by atoms with E-state index in [9.17, 15) is 21.6 Å². The molecule has 1 aliphatic rings. The zero-order valence-electron chi connectivity index (χ0n) is 20.7. The minimum atomic E-state index is -3.80.